The van der Waals surface area contributed by atoms with Crippen LogP contribution in [0, 0.1) is 5.92 Å². The number of ether oxygens (including phenoxy) is 2. The maximum Gasteiger partial charge on any atom is 0.191 e. The number of aromatic amines is 1. The Morgan fingerprint density at radius 3 is 2.58 bits per heavy atom. The first-order chi connectivity index (χ1) is 15.2. The number of methoxy groups -OCH3 is 1. The van der Waals surface area contributed by atoms with E-state index in [4.69, 9.17) is 9.47 Å². The van der Waals surface area contributed by atoms with Crippen molar-refractivity contribution >= 4 is 5.96 Å². The summed E-state index contributed by atoms with van der Waals surface area (Å²) in [7, 11) is 3.39. The first-order valence-corrected chi connectivity index (χ1v) is 10.3. The van der Waals surface area contributed by atoms with Crippen molar-refractivity contribution in [1.82, 2.24) is 25.8 Å². The third-order valence-corrected chi connectivity index (χ3v) is 4.66. The highest BCUT2D eigenvalue weighted by molar-refractivity contribution is 5.79. The van der Waals surface area contributed by atoms with Gasteiger partial charge in [0.05, 0.1) is 26.9 Å². The molecular weight excluding hydrogens is 392 g/mol. The second kappa shape index (κ2) is 11.7. The largest absolute Gasteiger partial charge is 0.497 e. The molecule has 2 aromatic carbocycles. The van der Waals surface area contributed by atoms with Crippen molar-refractivity contribution in [3.05, 3.63) is 66.0 Å². The van der Waals surface area contributed by atoms with Gasteiger partial charge in [0.2, 0.25) is 0 Å². The van der Waals surface area contributed by atoms with Crippen molar-refractivity contribution in [3.8, 4) is 17.1 Å². The van der Waals surface area contributed by atoms with E-state index in [0.717, 1.165) is 23.7 Å². The molecule has 0 aliphatic carbocycles. The van der Waals surface area contributed by atoms with E-state index in [0.29, 0.717) is 37.5 Å². The number of guanidine groups is 1. The summed E-state index contributed by atoms with van der Waals surface area (Å²) in [6, 6.07) is 17.8. The summed E-state index contributed by atoms with van der Waals surface area (Å²) in [5, 5.41) is 13.8. The number of nitrogens with zero attached hydrogens (tertiary/aromatic N) is 3. The van der Waals surface area contributed by atoms with Gasteiger partial charge in [0.1, 0.15) is 11.6 Å². The number of H-pyrrole nitrogens is 1. The summed E-state index contributed by atoms with van der Waals surface area (Å²) in [6.45, 7) is 4.68. The quantitative estimate of drug-likeness (QED) is 0.343. The molecule has 0 bridgehead atoms. The van der Waals surface area contributed by atoms with E-state index in [1.165, 1.54) is 5.56 Å². The molecule has 1 aromatic heterocycles. The SMILES string of the molecule is CN=C(NCc1nc(-c2ccc(OC)cc2)n[nH]1)NCC(C)COCc1ccccc1. The van der Waals surface area contributed by atoms with E-state index in [9.17, 15) is 0 Å². The molecule has 1 unspecified atom stereocenters. The van der Waals surface area contributed by atoms with Crippen LogP contribution in [0.5, 0.6) is 5.75 Å². The average Bonchev–Trinajstić information content (AvgIpc) is 3.29. The summed E-state index contributed by atoms with van der Waals surface area (Å²) < 4.78 is 11.0. The lowest BCUT2D eigenvalue weighted by Gasteiger charge is -2.16. The monoisotopic (exact) mass is 422 g/mol. The molecule has 3 aromatic rings. The van der Waals surface area contributed by atoms with Crippen LogP contribution in [0.3, 0.4) is 0 Å². The zero-order valence-corrected chi connectivity index (χ0v) is 18.3. The molecule has 0 fully saturated rings. The van der Waals surface area contributed by atoms with Crippen LogP contribution < -0.4 is 15.4 Å². The Morgan fingerprint density at radius 2 is 1.87 bits per heavy atom. The van der Waals surface area contributed by atoms with E-state index in [-0.39, 0.29) is 0 Å². The molecule has 164 valence electrons. The van der Waals surface area contributed by atoms with Crippen molar-refractivity contribution < 1.29 is 9.47 Å². The number of benzene rings is 2. The first-order valence-electron chi connectivity index (χ1n) is 10.3. The van der Waals surface area contributed by atoms with Gasteiger partial charge in [-0.05, 0) is 35.7 Å². The smallest absolute Gasteiger partial charge is 0.191 e. The van der Waals surface area contributed by atoms with Gasteiger partial charge in [-0.3, -0.25) is 10.1 Å². The van der Waals surface area contributed by atoms with Crippen LogP contribution in [0.15, 0.2) is 59.6 Å². The molecule has 1 heterocycles. The van der Waals surface area contributed by atoms with Crippen LogP contribution in [0.4, 0.5) is 0 Å². The highest BCUT2D eigenvalue weighted by Gasteiger charge is 2.08. The van der Waals surface area contributed by atoms with E-state index >= 15 is 0 Å². The third kappa shape index (κ3) is 7.11. The summed E-state index contributed by atoms with van der Waals surface area (Å²) in [5.74, 6) is 3.22. The molecule has 0 saturated carbocycles. The predicted molar refractivity (Wildman–Crippen MR) is 122 cm³/mol. The molecule has 0 saturated heterocycles. The Bertz CT molecular complexity index is 940. The summed E-state index contributed by atoms with van der Waals surface area (Å²) >= 11 is 0. The molecule has 8 heteroatoms. The van der Waals surface area contributed by atoms with Crippen LogP contribution in [0.1, 0.15) is 18.3 Å². The minimum atomic E-state index is 0.342. The number of aliphatic imine (C=N–C) groups is 1. The highest BCUT2D eigenvalue weighted by atomic mass is 16.5. The van der Waals surface area contributed by atoms with Gasteiger partial charge in [0.25, 0.3) is 0 Å². The van der Waals surface area contributed by atoms with Crippen molar-refractivity contribution in [2.24, 2.45) is 10.9 Å². The molecule has 3 N–H and O–H groups in total. The van der Waals surface area contributed by atoms with Gasteiger partial charge in [-0.15, -0.1) is 0 Å². The molecule has 0 amide bonds. The average molecular weight is 423 g/mol. The maximum atomic E-state index is 5.80. The Balaban J connectivity index is 1.39. The lowest BCUT2D eigenvalue weighted by atomic mass is 10.2. The Labute approximate surface area is 183 Å². The number of aromatic nitrogens is 3. The van der Waals surface area contributed by atoms with Crippen LogP contribution in [-0.4, -0.2) is 48.5 Å². The summed E-state index contributed by atoms with van der Waals surface area (Å²) in [6.07, 6.45) is 0. The zero-order chi connectivity index (χ0) is 21.9. The molecule has 0 aliphatic heterocycles. The number of rotatable bonds is 10. The molecule has 31 heavy (non-hydrogen) atoms. The number of hydrogen-bond donors (Lipinski definition) is 3. The molecule has 1 atom stereocenters. The van der Waals surface area contributed by atoms with Gasteiger partial charge in [-0.1, -0.05) is 37.3 Å². The predicted octanol–water partition coefficient (Wildman–Crippen LogP) is 3.00. The Hall–Kier alpha value is -3.39. The molecule has 0 spiro atoms. The van der Waals surface area contributed by atoms with Crippen molar-refractivity contribution in [3.63, 3.8) is 0 Å². The van der Waals surface area contributed by atoms with E-state index in [1.807, 2.05) is 42.5 Å². The van der Waals surface area contributed by atoms with Crippen LogP contribution in [0.25, 0.3) is 11.4 Å². The minimum Gasteiger partial charge on any atom is -0.497 e. The lowest BCUT2D eigenvalue weighted by molar-refractivity contribution is 0.0931. The van der Waals surface area contributed by atoms with E-state index in [1.54, 1.807) is 14.2 Å². The molecule has 0 aliphatic rings. The fourth-order valence-corrected chi connectivity index (χ4v) is 2.91. The van der Waals surface area contributed by atoms with Crippen molar-refractivity contribution in [1.29, 1.82) is 0 Å². The van der Waals surface area contributed by atoms with Gasteiger partial charge in [-0.25, -0.2) is 4.98 Å². The maximum absolute atomic E-state index is 5.80. The second-order valence-electron chi connectivity index (χ2n) is 7.25. The van der Waals surface area contributed by atoms with Gasteiger partial charge in [0.15, 0.2) is 11.8 Å². The molecular formula is C23H30N6O2. The van der Waals surface area contributed by atoms with Crippen molar-refractivity contribution in [2.75, 3.05) is 27.3 Å². The zero-order valence-electron chi connectivity index (χ0n) is 18.3. The molecule has 0 radical (unpaired) electrons. The Morgan fingerprint density at radius 1 is 1.10 bits per heavy atom. The summed E-state index contributed by atoms with van der Waals surface area (Å²) in [4.78, 5) is 8.80. The van der Waals surface area contributed by atoms with Gasteiger partial charge < -0.3 is 20.1 Å². The third-order valence-electron chi connectivity index (χ3n) is 4.66. The van der Waals surface area contributed by atoms with E-state index < -0.39 is 0 Å². The first kappa shape index (κ1) is 22.3. The van der Waals surface area contributed by atoms with Crippen molar-refractivity contribution in [2.45, 2.75) is 20.1 Å². The van der Waals surface area contributed by atoms with Crippen LogP contribution in [-0.2, 0) is 17.9 Å². The topological polar surface area (TPSA) is 96.5 Å². The lowest BCUT2D eigenvalue weighted by Crippen LogP contribution is -2.39. The normalized spacial score (nSPS) is 12.4. The number of hydrogen-bond acceptors (Lipinski definition) is 5. The van der Waals surface area contributed by atoms with Crippen LogP contribution >= 0.6 is 0 Å². The molecule has 8 nitrogen and oxygen atoms in total. The minimum absolute atomic E-state index is 0.342. The fourth-order valence-electron chi connectivity index (χ4n) is 2.91. The number of nitrogens with one attached hydrogen (secondary N) is 3. The molecule has 3 rings (SSSR count). The summed E-state index contributed by atoms with van der Waals surface area (Å²) in [5.41, 5.74) is 2.11. The highest BCUT2D eigenvalue weighted by Crippen LogP contribution is 2.18. The standard InChI is InChI=1S/C23H30N6O2/c1-17(15-31-16-18-7-5-4-6-8-18)13-25-23(24-2)26-14-21-27-22(29-28-21)19-9-11-20(30-3)12-10-19/h4-12,17H,13-16H2,1-3H3,(H2,24,25,26)(H,27,28,29). The van der Waals surface area contributed by atoms with Gasteiger partial charge in [-0.2, -0.15) is 5.10 Å². The van der Waals surface area contributed by atoms with E-state index in [2.05, 4.69) is 49.9 Å². The second-order valence-corrected chi connectivity index (χ2v) is 7.25. The van der Waals surface area contributed by atoms with Crippen LogP contribution in [0.2, 0.25) is 0 Å². The Kier molecular flexibility index (Phi) is 8.42. The fraction of sp³-hybridized carbons (Fsp3) is 0.348. The van der Waals surface area contributed by atoms with Gasteiger partial charge in [0, 0.05) is 19.2 Å². The van der Waals surface area contributed by atoms with Gasteiger partial charge >= 0.3 is 0 Å².